The highest BCUT2D eigenvalue weighted by atomic mass is 32.2. The number of aliphatic hydroxyl groups is 1. The number of carboxylic acids is 1. The number of aliphatic hydroxyl groups excluding tert-OH is 1. The number of fused-ring (bicyclic) bond motifs is 2. The lowest BCUT2D eigenvalue weighted by molar-refractivity contribution is -0.137. The predicted octanol–water partition coefficient (Wildman–Crippen LogP) is 3.59. The van der Waals surface area contributed by atoms with Gasteiger partial charge in [0.2, 0.25) is 15.9 Å². The molecule has 1 fully saturated rings. The molecule has 1 aliphatic heterocycles. The fourth-order valence-electron chi connectivity index (χ4n) is 6.09. The molecule has 6 rings (SSSR count). The maximum atomic E-state index is 14.1. The summed E-state index contributed by atoms with van der Waals surface area (Å²) in [5.74, 6) is 0.000495. The van der Waals surface area contributed by atoms with Crippen LogP contribution in [-0.4, -0.2) is 80.8 Å². The van der Waals surface area contributed by atoms with E-state index in [9.17, 15) is 23.4 Å². The molecular weight excluding hydrogens is 596 g/mol. The molecule has 2 N–H and O–H groups in total. The molecule has 0 unspecified atom stereocenters. The third-order valence-corrected chi connectivity index (χ3v) is 10.8. The van der Waals surface area contributed by atoms with Crippen LogP contribution in [0.2, 0.25) is 0 Å². The Morgan fingerprint density at radius 2 is 1.91 bits per heavy atom. The van der Waals surface area contributed by atoms with Crippen LogP contribution < -0.4 is 9.64 Å². The predicted molar refractivity (Wildman–Crippen MR) is 167 cm³/mol. The van der Waals surface area contributed by atoms with Gasteiger partial charge in [-0.05, 0) is 86.1 Å². The molecule has 1 saturated carbocycles. The topological polar surface area (TPSA) is 150 Å². The summed E-state index contributed by atoms with van der Waals surface area (Å²) in [6.45, 7) is 6.61. The number of hydrogen-bond donors (Lipinski definition) is 2. The van der Waals surface area contributed by atoms with Crippen molar-refractivity contribution in [1.82, 2.24) is 23.9 Å². The summed E-state index contributed by atoms with van der Waals surface area (Å²) in [7, 11) is -2.14. The second kappa shape index (κ2) is 11.7. The molecule has 1 aliphatic carbocycles. The van der Waals surface area contributed by atoms with Gasteiger partial charge in [0.25, 0.3) is 0 Å². The Balaban J connectivity index is 1.36. The molecule has 4 aromatic rings. The molecule has 0 saturated heterocycles. The number of carboxylic acid groups (broad SMARTS) is 1. The molecular formula is C32H38N6O6S. The molecule has 238 valence electrons. The highest BCUT2D eigenvalue weighted by molar-refractivity contribution is 7.89. The number of aryl methyl sites for hydroxylation is 3. The monoisotopic (exact) mass is 634 g/mol. The first-order valence-electron chi connectivity index (χ1n) is 15.1. The number of aromatic nitrogens is 4. The van der Waals surface area contributed by atoms with Crippen LogP contribution in [0.1, 0.15) is 65.2 Å². The van der Waals surface area contributed by atoms with Gasteiger partial charge in [-0.3, -0.25) is 9.20 Å². The van der Waals surface area contributed by atoms with Crippen LogP contribution in [0.3, 0.4) is 0 Å². The van der Waals surface area contributed by atoms with Gasteiger partial charge in [0.15, 0.2) is 5.65 Å². The SMILES string of the molecule is Cc1ccc([C@H](CC(=O)O)c2ccn3c(C)nnc3c2C)cc1CN1CC2(CC2)Oc2nc(N(C)CCCO)ccc2S1(=O)=O. The number of ether oxygens (including phenoxy) is 1. The second-order valence-corrected chi connectivity index (χ2v) is 14.1. The Labute approximate surface area is 262 Å². The van der Waals surface area contributed by atoms with Crippen LogP contribution >= 0.6 is 0 Å². The van der Waals surface area contributed by atoms with E-state index in [4.69, 9.17) is 4.74 Å². The standard InChI is InChI=1S/C32H38N6O6S/c1-20-6-7-23(26(17-29(40)41)25-10-14-38-22(3)34-35-30(38)21(25)2)16-24(20)18-37-19-32(11-12-32)44-31-27(45(37,42)43)8-9-28(33-31)36(4)13-5-15-39/h6-10,14,16,26,39H,5,11-13,15,17-19H2,1-4H3,(H,40,41)/t26-/m0/s1. The lowest BCUT2D eigenvalue weighted by atomic mass is 9.85. The number of carbonyl (C=O) groups is 1. The average molecular weight is 635 g/mol. The van der Waals surface area contributed by atoms with Crippen LogP contribution in [0.4, 0.5) is 5.82 Å². The molecule has 45 heavy (non-hydrogen) atoms. The quantitative estimate of drug-likeness (QED) is 0.265. The number of aliphatic carboxylic acids is 1. The van der Waals surface area contributed by atoms with Crippen LogP contribution in [0.25, 0.3) is 5.65 Å². The summed E-state index contributed by atoms with van der Waals surface area (Å²) in [6, 6.07) is 10.9. The van der Waals surface area contributed by atoms with Crippen molar-refractivity contribution >= 4 is 27.5 Å². The maximum absolute atomic E-state index is 14.1. The molecule has 2 aliphatic rings. The largest absolute Gasteiger partial charge is 0.481 e. The number of pyridine rings is 2. The second-order valence-electron chi connectivity index (χ2n) is 12.2. The van der Waals surface area contributed by atoms with Gasteiger partial charge in [-0.1, -0.05) is 18.2 Å². The number of sulfonamides is 1. The molecule has 3 aromatic heterocycles. The summed E-state index contributed by atoms with van der Waals surface area (Å²) >= 11 is 0. The third kappa shape index (κ3) is 5.87. The van der Waals surface area contributed by atoms with Crippen molar-refractivity contribution in [2.24, 2.45) is 0 Å². The van der Waals surface area contributed by atoms with Gasteiger partial charge in [0.05, 0.1) is 13.0 Å². The van der Waals surface area contributed by atoms with Crippen LogP contribution in [0.5, 0.6) is 5.88 Å². The van der Waals surface area contributed by atoms with Crippen LogP contribution in [-0.2, 0) is 21.4 Å². The van der Waals surface area contributed by atoms with Gasteiger partial charge in [-0.25, -0.2) is 8.42 Å². The van der Waals surface area contributed by atoms with E-state index in [0.29, 0.717) is 37.3 Å². The minimum absolute atomic E-state index is 0.0238. The van der Waals surface area contributed by atoms with Crippen molar-refractivity contribution in [2.75, 3.05) is 31.6 Å². The van der Waals surface area contributed by atoms with E-state index in [1.807, 2.05) is 67.6 Å². The Kier molecular flexibility index (Phi) is 8.04. The fourth-order valence-corrected chi connectivity index (χ4v) is 7.63. The van der Waals surface area contributed by atoms with E-state index in [-0.39, 0.29) is 36.9 Å². The van der Waals surface area contributed by atoms with Crippen molar-refractivity contribution in [3.05, 3.63) is 76.2 Å². The Hall–Kier alpha value is -4.07. The molecule has 1 spiro atoms. The van der Waals surface area contributed by atoms with Crippen molar-refractivity contribution in [2.45, 2.75) is 69.4 Å². The summed E-state index contributed by atoms with van der Waals surface area (Å²) in [6.07, 6.45) is 3.71. The first-order valence-corrected chi connectivity index (χ1v) is 16.5. The minimum atomic E-state index is -3.98. The fraction of sp³-hybridized carbons (Fsp3) is 0.438. The third-order valence-electron chi connectivity index (χ3n) is 8.97. The van der Waals surface area contributed by atoms with E-state index < -0.39 is 27.5 Å². The number of anilines is 1. The maximum Gasteiger partial charge on any atom is 0.304 e. The Morgan fingerprint density at radius 3 is 2.62 bits per heavy atom. The highest BCUT2D eigenvalue weighted by Crippen LogP contribution is 2.46. The number of nitrogens with zero attached hydrogens (tertiary/aromatic N) is 6. The lowest BCUT2D eigenvalue weighted by Crippen LogP contribution is -2.38. The zero-order chi connectivity index (χ0) is 32.1. The van der Waals surface area contributed by atoms with Gasteiger partial charge >= 0.3 is 5.97 Å². The number of rotatable bonds is 10. The highest BCUT2D eigenvalue weighted by Gasteiger charge is 2.52. The minimum Gasteiger partial charge on any atom is -0.481 e. The van der Waals surface area contributed by atoms with Gasteiger partial charge in [-0.2, -0.15) is 9.29 Å². The molecule has 1 aromatic carbocycles. The molecule has 13 heteroatoms. The average Bonchev–Trinajstić information content (AvgIpc) is 3.67. The smallest absolute Gasteiger partial charge is 0.304 e. The van der Waals surface area contributed by atoms with Crippen molar-refractivity contribution in [3.63, 3.8) is 0 Å². The van der Waals surface area contributed by atoms with E-state index in [1.54, 1.807) is 12.1 Å². The van der Waals surface area contributed by atoms with Crippen molar-refractivity contribution < 1.29 is 28.2 Å². The van der Waals surface area contributed by atoms with Crippen molar-refractivity contribution in [1.29, 1.82) is 0 Å². The normalized spacial score (nSPS) is 17.4. The molecule has 1 atom stereocenters. The van der Waals surface area contributed by atoms with Crippen LogP contribution in [0, 0.1) is 20.8 Å². The van der Waals surface area contributed by atoms with Crippen LogP contribution in [0.15, 0.2) is 47.5 Å². The van der Waals surface area contributed by atoms with E-state index in [0.717, 1.165) is 33.6 Å². The summed E-state index contributed by atoms with van der Waals surface area (Å²) in [4.78, 5) is 18.6. The van der Waals surface area contributed by atoms with Gasteiger partial charge in [0, 0.05) is 38.9 Å². The Bertz CT molecular complexity index is 1890. The summed E-state index contributed by atoms with van der Waals surface area (Å²) in [5.41, 5.74) is 4.18. The molecule has 0 amide bonds. The summed E-state index contributed by atoms with van der Waals surface area (Å²) in [5, 5.41) is 27.6. The number of hydrogen-bond acceptors (Lipinski definition) is 9. The first-order chi connectivity index (χ1) is 21.4. The van der Waals surface area contributed by atoms with E-state index >= 15 is 0 Å². The summed E-state index contributed by atoms with van der Waals surface area (Å²) < 4.78 is 37.9. The van der Waals surface area contributed by atoms with E-state index in [1.165, 1.54) is 4.31 Å². The first kappa shape index (κ1) is 30.9. The van der Waals surface area contributed by atoms with Gasteiger partial charge in [0.1, 0.15) is 22.1 Å². The van der Waals surface area contributed by atoms with Crippen molar-refractivity contribution in [3.8, 4) is 5.88 Å². The van der Waals surface area contributed by atoms with Gasteiger partial charge < -0.3 is 19.8 Å². The zero-order valence-corrected chi connectivity index (χ0v) is 26.7. The number of benzene rings is 1. The molecule has 4 heterocycles. The zero-order valence-electron chi connectivity index (χ0n) is 25.9. The molecule has 0 radical (unpaired) electrons. The Morgan fingerprint density at radius 1 is 1.13 bits per heavy atom. The lowest BCUT2D eigenvalue weighted by Gasteiger charge is -2.25. The molecule has 0 bridgehead atoms. The molecule has 12 nitrogen and oxygen atoms in total. The van der Waals surface area contributed by atoms with E-state index in [2.05, 4.69) is 15.2 Å². The van der Waals surface area contributed by atoms with Gasteiger partial charge in [-0.15, -0.1) is 10.2 Å².